The van der Waals surface area contributed by atoms with Crippen LogP contribution in [0.4, 0.5) is 5.69 Å². The third-order valence-corrected chi connectivity index (χ3v) is 4.79. The first-order chi connectivity index (χ1) is 14.1. The Hall–Kier alpha value is -3.06. The summed E-state index contributed by atoms with van der Waals surface area (Å²) in [5, 5.41) is 2.89. The first-order valence-corrected chi connectivity index (χ1v) is 9.78. The Morgan fingerprint density at radius 2 is 1.72 bits per heavy atom. The van der Waals surface area contributed by atoms with Gasteiger partial charge in [0.15, 0.2) is 11.5 Å². The number of carbonyl (C=O) groups excluding carboxylic acids is 2. The molecule has 1 saturated heterocycles. The molecule has 154 valence electrons. The number of ether oxygens (including phenoxy) is 2. The van der Waals surface area contributed by atoms with Gasteiger partial charge in [-0.2, -0.15) is 0 Å². The molecular formula is C22H27N3O4. The van der Waals surface area contributed by atoms with Gasteiger partial charge >= 0.3 is 0 Å². The van der Waals surface area contributed by atoms with Crippen molar-refractivity contribution in [3.63, 3.8) is 0 Å². The molecule has 1 aliphatic heterocycles. The predicted molar refractivity (Wildman–Crippen MR) is 112 cm³/mol. The smallest absolute Gasteiger partial charge is 0.254 e. The maximum Gasteiger partial charge on any atom is 0.254 e. The number of methoxy groups -OCH3 is 1. The van der Waals surface area contributed by atoms with Crippen LogP contribution in [0.1, 0.15) is 17.3 Å². The number of benzene rings is 2. The van der Waals surface area contributed by atoms with E-state index < -0.39 is 0 Å². The zero-order chi connectivity index (χ0) is 20.6. The minimum absolute atomic E-state index is 0.0419. The SMILES string of the molecule is CCOc1ccc(C(=O)N2CCN(CC(=O)Nc3ccccc3)CC2)cc1OC. The summed E-state index contributed by atoms with van der Waals surface area (Å²) in [6.45, 7) is 5.21. The lowest BCUT2D eigenvalue weighted by Gasteiger charge is -2.34. The average Bonchev–Trinajstić information content (AvgIpc) is 2.75. The largest absolute Gasteiger partial charge is 0.493 e. The average molecular weight is 397 g/mol. The van der Waals surface area contributed by atoms with Crippen molar-refractivity contribution in [2.45, 2.75) is 6.92 Å². The molecule has 0 unspecified atom stereocenters. The molecule has 0 atom stereocenters. The minimum atomic E-state index is -0.0489. The van der Waals surface area contributed by atoms with Crippen molar-refractivity contribution in [1.82, 2.24) is 9.80 Å². The number of nitrogens with one attached hydrogen (secondary N) is 1. The van der Waals surface area contributed by atoms with E-state index in [-0.39, 0.29) is 11.8 Å². The second-order valence-corrected chi connectivity index (χ2v) is 6.78. The van der Waals surface area contributed by atoms with Gasteiger partial charge in [-0.1, -0.05) is 18.2 Å². The van der Waals surface area contributed by atoms with Crippen LogP contribution in [0.5, 0.6) is 11.5 Å². The third kappa shape index (κ3) is 5.48. The summed E-state index contributed by atoms with van der Waals surface area (Å²) in [5.74, 6) is 1.08. The molecule has 2 amide bonds. The third-order valence-electron chi connectivity index (χ3n) is 4.79. The maximum absolute atomic E-state index is 12.8. The van der Waals surface area contributed by atoms with Gasteiger partial charge in [0.2, 0.25) is 5.91 Å². The zero-order valence-electron chi connectivity index (χ0n) is 16.9. The number of hydrogen-bond donors (Lipinski definition) is 1. The van der Waals surface area contributed by atoms with Crippen LogP contribution in [-0.2, 0) is 4.79 Å². The molecule has 0 saturated carbocycles. The Morgan fingerprint density at radius 3 is 2.38 bits per heavy atom. The fourth-order valence-electron chi connectivity index (χ4n) is 3.29. The number of carbonyl (C=O) groups is 2. The molecule has 2 aromatic rings. The summed E-state index contributed by atoms with van der Waals surface area (Å²) in [7, 11) is 1.56. The highest BCUT2D eigenvalue weighted by Gasteiger charge is 2.24. The highest BCUT2D eigenvalue weighted by Crippen LogP contribution is 2.28. The summed E-state index contributed by atoms with van der Waals surface area (Å²) < 4.78 is 10.8. The van der Waals surface area contributed by atoms with Gasteiger partial charge in [0.1, 0.15) is 0 Å². The molecule has 0 spiro atoms. The second kappa shape index (κ2) is 9.93. The number of nitrogens with zero attached hydrogens (tertiary/aromatic N) is 2. The monoisotopic (exact) mass is 397 g/mol. The van der Waals surface area contributed by atoms with Gasteiger partial charge in [-0.05, 0) is 37.3 Å². The zero-order valence-corrected chi connectivity index (χ0v) is 16.9. The quantitative estimate of drug-likeness (QED) is 0.777. The van der Waals surface area contributed by atoms with Crippen molar-refractivity contribution in [1.29, 1.82) is 0 Å². The van der Waals surface area contributed by atoms with Crippen molar-refractivity contribution in [3.05, 3.63) is 54.1 Å². The van der Waals surface area contributed by atoms with E-state index in [1.54, 1.807) is 30.2 Å². The highest BCUT2D eigenvalue weighted by atomic mass is 16.5. The van der Waals surface area contributed by atoms with Gasteiger partial charge in [-0.15, -0.1) is 0 Å². The van der Waals surface area contributed by atoms with Gasteiger partial charge in [-0.25, -0.2) is 0 Å². The fraction of sp³-hybridized carbons (Fsp3) is 0.364. The van der Waals surface area contributed by atoms with Crippen LogP contribution >= 0.6 is 0 Å². The summed E-state index contributed by atoms with van der Waals surface area (Å²) in [4.78, 5) is 28.9. The van der Waals surface area contributed by atoms with Crippen LogP contribution in [-0.4, -0.2) is 68.1 Å². The fourth-order valence-corrected chi connectivity index (χ4v) is 3.29. The summed E-state index contributed by atoms with van der Waals surface area (Å²) in [6, 6.07) is 14.6. The number of amides is 2. The normalized spacial score (nSPS) is 14.3. The van der Waals surface area contributed by atoms with Crippen molar-refractivity contribution < 1.29 is 19.1 Å². The van der Waals surface area contributed by atoms with E-state index in [2.05, 4.69) is 10.2 Å². The summed E-state index contributed by atoms with van der Waals surface area (Å²) in [6.07, 6.45) is 0. The lowest BCUT2D eigenvalue weighted by molar-refractivity contribution is -0.117. The molecule has 0 radical (unpaired) electrons. The van der Waals surface area contributed by atoms with Crippen molar-refractivity contribution in [3.8, 4) is 11.5 Å². The molecular weight excluding hydrogens is 370 g/mol. The molecule has 1 fully saturated rings. The van der Waals surface area contributed by atoms with E-state index in [1.807, 2.05) is 37.3 Å². The van der Waals surface area contributed by atoms with Gasteiger partial charge in [0, 0.05) is 37.4 Å². The predicted octanol–water partition coefficient (Wildman–Crippen LogP) is 2.49. The first kappa shape index (κ1) is 20.7. The molecule has 1 N–H and O–H groups in total. The Morgan fingerprint density at radius 1 is 1.00 bits per heavy atom. The van der Waals surface area contributed by atoms with E-state index in [1.165, 1.54) is 0 Å². The number of anilines is 1. The Kier molecular flexibility index (Phi) is 7.08. The number of hydrogen-bond acceptors (Lipinski definition) is 5. The minimum Gasteiger partial charge on any atom is -0.493 e. The lowest BCUT2D eigenvalue weighted by Crippen LogP contribution is -2.50. The molecule has 0 bridgehead atoms. The van der Waals surface area contributed by atoms with Crippen molar-refractivity contribution in [2.75, 3.05) is 51.8 Å². The summed E-state index contributed by atoms with van der Waals surface area (Å²) in [5.41, 5.74) is 1.36. The molecule has 0 aromatic heterocycles. The number of rotatable bonds is 7. The molecule has 7 heteroatoms. The van der Waals surface area contributed by atoms with Crippen LogP contribution in [0.2, 0.25) is 0 Å². The van der Waals surface area contributed by atoms with Gasteiger partial charge in [0.25, 0.3) is 5.91 Å². The van der Waals surface area contributed by atoms with E-state index in [0.717, 1.165) is 5.69 Å². The number of piperazine rings is 1. The standard InChI is InChI=1S/C22H27N3O4/c1-3-29-19-10-9-17(15-20(19)28-2)22(27)25-13-11-24(12-14-25)16-21(26)23-18-7-5-4-6-8-18/h4-10,15H,3,11-14,16H2,1-2H3,(H,23,26). The lowest BCUT2D eigenvalue weighted by atomic mass is 10.1. The molecule has 29 heavy (non-hydrogen) atoms. The highest BCUT2D eigenvalue weighted by molar-refractivity contribution is 5.95. The van der Waals surface area contributed by atoms with Crippen LogP contribution < -0.4 is 14.8 Å². The molecule has 3 rings (SSSR count). The topological polar surface area (TPSA) is 71.1 Å². The summed E-state index contributed by atoms with van der Waals surface area (Å²) >= 11 is 0. The maximum atomic E-state index is 12.8. The molecule has 7 nitrogen and oxygen atoms in total. The number of para-hydroxylation sites is 1. The molecule has 1 aliphatic rings. The molecule has 1 heterocycles. The Bertz CT molecular complexity index is 833. The van der Waals surface area contributed by atoms with Crippen molar-refractivity contribution >= 4 is 17.5 Å². The second-order valence-electron chi connectivity index (χ2n) is 6.78. The van der Waals surface area contributed by atoms with Gasteiger partial charge in [0.05, 0.1) is 20.3 Å². The molecule has 2 aromatic carbocycles. The molecule has 0 aliphatic carbocycles. The van der Waals surface area contributed by atoms with Crippen LogP contribution in [0.3, 0.4) is 0 Å². The first-order valence-electron chi connectivity index (χ1n) is 9.78. The van der Waals surface area contributed by atoms with Gasteiger partial charge < -0.3 is 19.7 Å². The van der Waals surface area contributed by atoms with Crippen LogP contribution in [0.15, 0.2) is 48.5 Å². The van der Waals surface area contributed by atoms with Crippen LogP contribution in [0.25, 0.3) is 0 Å². The van der Waals surface area contributed by atoms with E-state index >= 15 is 0 Å². The Labute approximate surface area is 171 Å². The van der Waals surface area contributed by atoms with E-state index in [4.69, 9.17) is 9.47 Å². The Balaban J connectivity index is 1.52. The van der Waals surface area contributed by atoms with Crippen molar-refractivity contribution in [2.24, 2.45) is 0 Å². The van der Waals surface area contributed by atoms with E-state index in [0.29, 0.717) is 56.4 Å². The van der Waals surface area contributed by atoms with Gasteiger partial charge in [-0.3, -0.25) is 14.5 Å². The van der Waals surface area contributed by atoms with Crippen LogP contribution in [0, 0.1) is 0 Å². The van der Waals surface area contributed by atoms with E-state index in [9.17, 15) is 9.59 Å².